The molecule has 4 nitrogen and oxygen atoms in total. The molecular formula is C16H26N4S. The lowest BCUT2D eigenvalue weighted by atomic mass is 9.94. The summed E-state index contributed by atoms with van der Waals surface area (Å²) in [5, 5.41) is 3.49. The van der Waals surface area contributed by atoms with E-state index in [0.29, 0.717) is 11.0 Å². The highest BCUT2D eigenvalue weighted by atomic mass is 32.1. The fraction of sp³-hybridized carbons (Fsp3) is 0.625. The van der Waals surface area contributed by atoms with Crippen molar-refractivity contribution < 1.29 is 0 Å². The molecule has 1 heterocycles. The van der Waals surface area contributed by atoms with E-state index in [1.807, 2.05) is 0 Å². The van der Waals surface area contributed by atoms with Crippen molar-refractivity contribution in [2.75, 3.05) is 26.0 Å². The highest BCUT2D eigenvalue weighted by molar-refractivity contribution is 7.80. The number of hydrogen-bond acceptors (Lipinski definition) is 4. The van der Waals surface area contributed by atoms with E-state index in [1.165, 1.54) is 24.1 Å². The number of rotatable bonds is 6. The van der Waals surface area contributed by atoms with Gasteiger partial charge in [0.1, 0.15) is 10.8 Å². The lowest BCUT2D eigenvalue weighted by molar-refractivity contribution is 0.390. The van der Waals surface area contributed by atoms with Crippen LogP contribution in [0.5, 0.6) is 0 Å². The molecule has 0 radical (unpaired) electrons. The van der Waals surface area contributed by atoms with E-state index in [2.05, 4.69) is 37.3 Å². The number of fused-ring (bicyclic) bond motifs is 1. The monoisotopic (exact) mass is 306 g/mol. The van der Waals surface area contributed by atoms with Gasteiger partial charge in [0.25, 0.3) is 0 Å². The van der Waals surface area contributed by atoms with E-state index in [9.17, 15) is 0 Å². The lowest BCUT2D eigenvalue weighted by Gasteiger charge is -2.22. The van der Waals surface area contributed by atoms with E-state index < -0.39 is 0 Å². The molecule has 1 aromatic rings. The molecule has 1 aliphatic carbocycles. The highest BCUT2D eigenvalue weighted by Crippen LogP contribution is 2.25. The zero-order valence-corrected chi connectivity index (χ0v) is 14.1. The molecule has 0 aromatic carbocycles. The maximum atomic E-state index is 5.89. The van der Waals surface area contributed by atoms with E-state index in [1.54, 1.807) is 0 Å². The van der Waals surface area contributed by atoms with Crippen molar-refractivity contribution in [3.8, 4) is 0 Å². The third-order valence-electron chi connectivity index (χ3n) is 3.96. The van der Waals surface area contributed by atoms with Crippen LogP contribution in [0.25, 0.3) is 0 Å². The summed E-state index contributed by atoms with van der Waals surface area (Å²) in [4.78, 5) is 7.43. The van der Waals surface area contributed by atoms with Crippen LogP contribution < -0.4 is 11.1 Å². The highest BCUT2D eigenvalue weighted by Gasteiger charge is 2.17. The standard InChI is InChI=1S/C16H26N4S/c1-11(8-9-20(2)3)18-16-13(15(17)21)10-12-6-4-5-7-14(12)19-16/h10-11H,4-9H2,1-3H3,(H2,17,21)(H,18,19). The fourth-order valence-electron chi connectivity index (χ4n) is 2.69. The molecule has 116 valence electrons. The van der Waals surface area contributed by atoms with Crippen molar-refractivity contribution in [1.82, 2.24) is 9.88 Å². The van der Waals surface area contributed by atoms with Crippen LogP contribution in [-0.2, 0) is 12.8 Å². The number of pyridine rings is 1. The van der Waals surface area contributed by atoms with Crippen molar-refractivity contribution in [3.05, 3.63) is 22.9 Å². The molecule has 1 unspecified atom stereocenters. The Morgan fingerprint density at radius 2 is 2.14 bits per heavy atom. The third-order valence-corrected chi connectivity index (χ3v) is 4.18. The molecule has 1 atom stereocenters. The first-order valence-corrected chi connectivity index (χ1v) is 8.12. The summed E-state index contributed by atoms with van der Waals surface area (Å²) in [6, 6.07) is 2.49. The maximum Gasteiger partial charge on any atom is 0.136 e. The summed E-state index contributed by atoms with van der Waals surface area (Å²) in [5.41, 5.74) is 9.31. The summed E-state index contributed by atoms with van der Waals surface area (Å²) in [7, 11) is 4.18. The zero-order chi connectivity index (χ0) is 15.4. The Hall–Kier alpha value is -1.20. The van der Waals surface area contributed by atoms with Crippen molar-refractivity contribution >= 4 is 23.0 Å². The zero-order valence-electron chi connectivity index (χ0n) is 13.3. The van der Waals surface area contributed by atoms with Crippen LogP contribution in [-0.4, -0.2) is 41.6 Å². The number of nitrogens with one attached hydrogen (secondary N) is 1. The Balaban J connectivity index is 2.18. The third kappa shape index (κ3) is 4.38. The van der Waals surface area contributed by atoms with Crippen molar-refractivity contribution in [1.29, 1.82) is 0 Å². The second-order valence-electron chi connectivity index (χ2n) is 6.20. The Bertz CT molecular complexity index is 513. The van der Waals surface area contributed by atoms with Gasteiger partial charge in [-0.25, -0.2) is 4.98 Å². The summed E-state index contributed by atoms with van der Waals surface area (Å²) in [6.07, 6.45) is 5.67. The second kappa shape index (κ2) is 7.18. The van der Waals surface area contributed by atoms with Gasteiger partial charge in [-0.3, -0.25) is 0 Å². The Kier molecular flexibility index (Phi) is 5.53. The summed E-state index contributed by atoms with van der Waals surface area (Å²) >= 11 is 5.20. The molecule has 5 heteroatoms. The minimum Gasteiger partial charge on any atom is -0.389 e. The van der Waals surface area contributed by atoms with Crippen molar-refractivity contribution in [2.24, 2.45) is 5.73 Å². The van der Waals surface area contributed by atoms with E-state index >= 15 is 0 Å². The smallest absolute Gasteiger partial charge is 0.136 e. The normalized spacial score (nSPS) is 15.6. The van der Waals surface area contributed by atoms with Crippen LogP contribution in [0.2, 0.25) is 0 Å². The molecule has 1 aromatic heterocycles. The Labute approximate surface area is 133 Å². The maximum absolute atomic E-state index is 5.89. The predicted octanol–water partition coefficient (Wildman–Crippen LogP) is 2.35. The van der Waals surface area contributed by atoms with Gasteiger partial charge < -0.3 is 16.0 Å². The Morgan fingerprint density at radius 3 is 2.81 bits per heavy atom. The molecule has 0 amide bonds. The topological polar surface area (TPSA) is 54.2 Å². The summed E-state index contributed by atoms with van der Waals surface area (Å²) < 4.78 is 0. The molecule has 21 heavy (non-hydrogen) atoms. The average Bonchev–Trinajstić information content (AvgIpc) is 2.44. The predicted molar refractivity (Wildman–Crippen MR) is 93.0 cm³/mol. The first-order valence-electron chi connectivity index (χ1n) is 7.71. The van der Waals surface area contributed by atoms with Crippen LogP contribution in [0.15, 0.2) is 6.07 Å². The molecule has 0 spiro atoms. The van der Waals surface area contributed by atoms with Crippen LogP contribution in [0.4, 0.5) is 5.82 Å². The number of hydrogen-bond donors (Lipinski definition) is 2. The quantitative estimate of drug-likeness (QED) is 0.790. The van der Waals surface area contributed by atoms with Crippen molar-refractivity contribution in [3.63, 3.8) is 0 Å². The molecule has 0 fully saturated rings. The molecule has 0 saturated heterocycles. The number of nitrogens with two attached hydrogens (primary N) is 1. The van der Waals surface area contributed by atoms with Gasteiger partial charge >= 0.3 is 0 Å². The summed E-state index contributed by atoms with van der Waals surface area (Å²) in [6.45, 7) is 3.22. The molecule has 3 N–H and O–H groups in total. The molecule has 2 rings (SSSR count). The number of thiocarbonyl (C=S) groups is 1. The van der Waals surface area contributed by atoms with Crippen LogP contribution >= 0.6 is 12.2 Å². The SMILES string of the molecule is CC(CCN(C)C)Nc1nc2c(cc1C(N)=S)CCCC2. The Morgan fingerprint density at radius 1 is 1.43 bits per heavy atom. The van der Waals surface area contributed by atoms with Gasteiger partial charge in [-0.05, 0) is 71.3 Å². The van der Waals surface area contributed by atoms with E-state index in [0.717, 1.165) is 37.2 Å². The molecule has 0 aliphatic heterocycles. The minimum absolute atomic E-state index is 0.342. The van der Waals surface area contributed by atoms with Gasteiger partial charge in [0.05, 0.1) is 5.56 Å². The van der Waals surface area contributed by atoms with Crippen LogP contribution in [0, 0.1) is 0 Å². The largest absolute Gasteiger partial charge is 0.389 e. The number of anilines is 1. The lowest BCUT2D eigenvalue weighted by Crippen LogP contribution is -2.26. The molecule has 1 aliphatic rings. The second-order valence-corrected chi connectivity index (χ2v) is 6.64. The van der Waals surface area contributed by atoms with Gasteiger partial charge in [0.15, 0.2) is 0 Å². The van der Waals surface area contributed by atoms with E-state index in [-0.39, 0.29) is 0 Å². The van der Waals surface area contributed by atoms with Gasteiger partial charge in [-0.1, -0.05) is 12.2 Å². The van der Waals surface area contributed by atoms with Crippen LogP contribution in [0.1, 0.15) is 43.0 Å². The average molecular weight is 306 g/mol. The first kappa shape index (κ1) is 16.2. The summed E-state index contributed by atoms with van der Waals surface area (Å²) in [5.74, 6) is 0.856. The van der Waals surface area contributed by atoms with Gasteiger partial charge in [-0.2, -0.15) is 0 Å². The molecule has 0 saturated carbocycles. The number of nitrogens with zero attached hydrogens (tertiary/aromatic N) is 2. The van der Waals surface area contributed by atoms with E-state index in [4.69, 9.17) is 22.9 Å². The molecule has 0 bridgehead atoms. The van der Waals surface area contributed by atoms with Gasteiger partial charge in [-0.15, -0.1) is 0 Å². The minimum atomic E-state index is 0.342. The first-order chi connectivity index (χ1) is 9.97. The van der Waals surface area contributed by atoms with Gasteiger partial charge in [0, 0.05) is 11.7 Å². The number of aromatic nitrogens is 1. The van der Waals surface area contributed by atoms with Crippen molar-refractivity contribution in [2.45, 2.75) is 45.1 Å². The van der Waals surface area contributed by atoms with Gasteiger partial charge in [0.2, 0.25) is 0 Å². The number of aryl methyl sites for hydroxylation is 2. The molecular weight excluding hydrogens is 280 g/mol. The fourth-order valence-corrected chi connectivity index (χ4v) is 2.84. The van der Waals surface area contributed by atoms with Crippen LogP contribution in [0.3, 0.4) is 0 Å².